The summed E-state index contributed by atoms with van der Waals surface area (Å²) in [6, 6.07) is 39.9. The summed E-state index contributed by atoms with van der Waals surface area (Å²) in [6.07, 6.45) is 0. The molecule has 0 unspecified atom stereocenters. The van der Waals surface area contributed by atoms with Crippen molar-refractivity contribution >= 4 is 74.9 Å². The van der Waals surface area contributed by atoms with Crippen LogP contribution in [0.15, 0.2) is 109 Å². The lowest BCUT2D eigenvalue weighted by Gasteiger charge is -2.06. The van der Waals surface area contributed by atoms with E-state index in [0.29, 0.717) is 0 Å². The Labute approximate surface area is 199 Å². The highest BCUT2D eigenvalue weighted by molar-refractivity contribution is 7.26. The van der Waals surface area contributed by atoms with Gasteiger partial charge in [0.1, 0.15) is 0 Å². The molecule has 34 heavy (non-hydrogen) atoms. The normalized spacial score (nSPS) is 12.1. The number of fused-ring (bicyclic) bond motifs is 9. The molecule has 8 aromatic rings. The molecule has 0 saturated heterocycles. The third-order valence-electron chi connectivity index (χ3n) is 7.18. The second kappa shape index (κ2) is 6.69. The molecule has 1 N–H and O–H groups in total. The fraction of sp³-hybridized carbons (Fsp3) is 0. The molecule has 2 heteroatoms. The fourth-order valence-corrected chi connectivity index (χ4v) is 6.86. The van der Waals surface area contributed by atoms with Gasteiger partial charge in [0.15, 0.2) is 0 Å². The minimum atomic E-state index is 1.19. The number of thiophene rings is 1. The number of benzene rings is 6. The molecule has 2 heterocycles. The first kappa shape index (κ1) is 18.3. The highest BCUT2D eigenvalue weighted by atomic mass is 32.1. The van der Waals surface area contributed by atoms with Crippen LogP contribution in [-0.2, 0) is 0 Å². The van der Waals surface area contributed by atoms with Gasteiger partial charge in [0.2, 0.25) is 0 Å². The van der Waals surface area contributed by atoms with E-state index in [0.717, 1.165) is 0 Å². The quantitative estimate of drug-likeness (QED) is 0.257. The SMILES string of the molecule is c1ccc2cc3c(cc2c1)[nH]c1c(-c2cccc4c2sc2ccc5ccccc5c24)cccc13. The van der Waals surface area contributed by atoms with Gasteiger partial charge in [-0.25, -0.2) is 0 Å². The van der Waals surface area contributed by atoms with Gasteiger partial charge in [-0.2, -0.15) is 0 Å². The molecule has 0 saturated carbocycles. The summed E-state index contributed by atoms with van der Waals surface area (Å²) in [5, 5.41) is 10.4. The molecule has 0 aliphatic rings. The molecule has 2 aromatic heterocycles. The fourth-order valence-electron chi connectivity index (χ4n) is 5.62. The van der Waals surface area contributed by atoms with Crippen molar-refractivity contribution in [1.82, 2.24) is 4.98 Å². The van der Waals surface area contributed by atoms with E-state index in [4.69, 9.17) is 0 Å². The zero-order chi connectivity index (χ0) is 22.2. The predicted octanol–water partition coefficient (Wildman–Crippen LogP) is 9.66. The average molecular weight is 450 g/mol. The number of aromatic amines is 1. The van der Waals surface area contributed by atoms with Crippen molar-refractivity contribution in [1.29, 1.82) is 0 Å². The lowest BCUT2D eigenvalue weighted by atomic mass is 9.98. The van der Waals surface area contributed by atoms with Crippen LogP contribution in [0.25, 0.3) is 74.6 Å². The zero-order valence-electron chi connectivity index (χ0n) is 18.3. The number of para-hydroxylation sites is 1. The molecule has 0 atom stereocenters. The van der Waals surface area contributed by atoms with Gasteiger partial charge in [0.05, 0.1) is 5.52 Å². The van der Waals surface area contributed by atoms with E-state index in [1.165, 1.54) is 74.6 Å². The van der Waals surface area contributed by atoms with E-state index in [1.54, 1.807) is 0 Å². The van der Waals surface area contributed by atoms with Crippen LogP contribution in [0, 0.1) is 0 Å². The maximum atomic E-state index is 3.77. The van der Waals surface area contributed by atoms with E-state index in [2.05, 4.69) is 114 Å². The van der Waals surface area contributed by atoms with Gasteiger partial charge in [0, 0.05) is 47.6 Å². The van der Waals surface area contributed by atoms with Crippen molar-refractivity contribution < 1.29 is 0 Å². The molecule has 0 fully saturated rings. The minimum Gasteiger partial charge on any atom is -0.354 e. The van der Waals surface area contributed by atoms with Crippen molar-refractivity contribution in [2.75, 3.05) is 0 Å². The van der Waals surface area contributed by atoms with E-state index in [-0.39, 0.29) is 0 Å². The van der Waals surface area contributed by atoms with Crippen LogP contribution >= 0.6 is 11.3 Å². The predicted molar refractivity (Wildman–Crippen MR) is 149 cm³/mol. The highest BCUT2D eigenvalue weighted by Crippen LogP contribution is 2.44. The Morgan fingerprint density at radius 2 is 1.21 bits per heavy atom. The molecule has 1 nitrogen and oxygen atoms in total. The Kier molecular flexibility index (Phi) is 3.60. The van der Waals surface area contributed by atoms with Crippen molar-refractivity contribution in [3.63, 3.8) is 0 Å². The van der Waals surface area contributed by atoms with Gasteiger partial charge in [-0.3, -0.25) is 0 Å². The molecule has 0 spiro atoms. The summed E-state index contributed by atoms with van der Waals surface area (Å²) in [7, 11) is 0. The molecule has 6 aromatic carbocycles. The summed E-state index contributed by atoms with van der Waals surface area (Å²) < 4.78 is 2.70. The Morgan fingerprint density at radius 1 is 0.500 bits per heavy atom. The van der Waals surface area contributed by atoms with Crippen molar-refractivity contribution in [2.24, 2.45) is 0 Å². The molecule has 0 aliphatic heterocycles. The minimum absolute atomic E-state index is 1.19. The summed E-state index contributed by atoms with van der Waals surface area (Å²) in [5.74, 6) is 0. The highest BCUT2D eigenvalue weighted by Gasteiger charge is 2.16. The summed E-state index contributed by atoms with van der Waals surface area (Å²) >= 11 is 1.90. The number of nitrogens with one attached hydrogen (secondary N) is 1. The third-order valence-corrected chi connectivity index (χ3v) is 8.38. The largest absolute Gasteiger partial charge is 0.354 e. The lowest BCUT2D eigenvalue weighted by Crippen LogP contribution is -1.81. The summed E-state index contributed by atoms with van der Waals surface area (Å²) in [6.45, 7) is 0. The van der Waals surface area contributed by atoms with Gasteiger partial charge in [-0.05, 0) is 39.7 Å². The van der Waals surface area contributed by atoms with Crippen LogP contribution in [0.4, 0.5) is 0 Å². The second-order valence-corrected chi connectivity index (χ2v) is 10.1. The molecule has 0 bridgehead atoms. The molecule has 158 valence electrons. The van der Waals surface area contributed by atoms with Crippen LogP contribution in [-0.4, -0.2) is 4.98 Å². The Hall–Kier alpha value is -4.14. The van der Waals surface area contributed by atoms with Crippen LogP contribution < -0.4 is 0 Å². The number of aromatic nitrogens is 1. The molecular formula is C32H19NS. The Balaban J connectivity index is 1.47. The zero-order valence-corrected chi connectivity index (χ0v) is 19.1. The van der Waals surface area contributed by atoms with E-state index in [9.17, 15) is 0 Å². The van der Waals surface area contributed by atoms with Gasteiger partial charge in [-0.1, -0.05) is 91.0 Å². The van der Waals surface area contributed by atoms with Crippen LogP contribution in [0.5, 0.6) is 0 Å². The first-order chi connectivity index (χ1) is 16.8. The Morgan fingerprint density at radius 3 is 2.09 bits per heavy atom. The number of H-pyrrole nitrogens is 1. The van der Waals surface area contributed by atoms with Gasteiger partial charge in [-0.15, -0.1) is 11.3 Å². The van der Waals surface area contributed by atoms with Gasteiger partial charge < -0.3 is 4.98 Å². The summed E-state index contributed by atoms with van der Waals surface area (Å²) in [5.41, 5.74) is 4.96. The molecule has 8 rings (SSSR count). The second-order valence-electron chi connectivity index (χ2n) is 9.04. The Bertz CT molecular complexity index is 2070. The van der Waals surface area contributed by atoms with Gasteiger partial charge >= 0.3 is 0 Å². The molecular weight excluding hydrogens is 430 g/mol. The topological polar surface area (TPSA) is 15.8 Å². The van der Waals surface area contributed by atoms with Crippen molar-refractivity contribution in [3.8, 4) is 11.1 Å². The van der Waals surface area contributed by atoms with Crippen LogP contribution in [0.3, 0.4) is 0 Å². The monoisotopic (exact) mass is 449 g/mol. The smallest absolute Gasteiger partial charge is 0.0545 e. The maximum Gasteiger partial charge on any atom is 0.0545 e. The number of hydrogen-bond donors (Lipinski definition) is 1. The third kappa shape index (κ3) is 2.43. The van der Waals surface area contributed by atoms with Crippen LogP contribution in [0.2, 0.25) is 0 Å². The first-order valence-corrected chi connectivity index (χ1v) is 12.4. The summed E-state index contributed by atoms with van der Waals surface area (Å²) in [4.78, 5) is 3.77. The van der Waals surface area contributed by atoms with Gasteiger partial charge in [0.25, 0.3) is 0 Å². The maximum absolute atomic E-state index is 3.77. The number of rotatable bonds is 1. The number of hydrogen-bond acceptors (Lipinski definition) is 1. The molecule has 0 aliphatic carbocycles. The van der Waals surface area contributed by atoms with E-state index in [1.807, 2.05) is 11.3 Å². The van der Waals surface area contributed by atoms with E-state index < -0.39 is 0 Å². The standard InChI is InChI=1S/C32H19NS/c1-2-9-21-18-28-27(17-20(21)8-1)24-12-5-11-23(31(24)33-28)25-13-6-14-26-30-22-10-4-3-7-19(22)15-16-29(30)34-32(25)26/h1-18,33H. The first-order valence-electron chi connectivity index (χ1n) is 11.6. The van der Waals surface area contributed by atoms with Crippen molar-refractivity contribution in [3.05, 3.63) is 109 Å². The molecule has 0 amide bonds. The van der Waals surface area contributed by atoms with E-state index >= 15 is 0 Å². The van der Waals surface area contributed by atoms with Crippen molar-refractivity contribution in [2.45, 2.75) is 0 Å². The molecule has 0 radical (unpaired) electrons. The average Bonchev–Trinajstić information content (AvgIpc) is 3.45. The van der Waals surface area contributed by atoms with Crippen LogP contribution in [0.1, 0.15) is 0 Å². The lowest BCUT2D eigenvalue weighted by molar-refractivity contribution is 1.55.